The summed E-state index contributed by atoms with van der Waals surface area (Å²) in [5.74, 6) is 0.612. The lowest BCUT2D eigenvalue weighted by Gasteiger charge is -2.32. The van der Waals surface area contributed by atoms with Gasteiger partial charge in [-0.05, 0) is 24.6 Å². The van der Waals surface area contributed by atoms with E-state index >= 15 is 0 Å². The Labute approximate surface area is 159 Å². The summed E-state index contributed by atoms with van der Waals surface area (Å²) in [6.45, 7) is 5.64. The largest absolute Gasteiger partial charge is 0.489 e. The van der Waals surface area contributed by atoms with E-state index in [0.29, 0.717) is 36.0 Å². The minimum Gasteiger partial charge on any atom is -0.489 e. The van der Waals surface area contributed by atoms with Gasteiger partial charge >= 0.3 is 0 Å². The third-order valence-electron chi connectivity index (χ3n) is 5.09. The Kier molecular flexibility index (Phi) is 5.87. The van der Waals surface area contributed by atoms with E-state index in [0.717, 1.165) is 19.3 Å². The molecule has 2 amide bonds. The van der Waals surface area contributed by atoms with Gasteiger partial charge in [0.25, 0.3) is 5.91 Å². The van der Waals surface area contributed by atoms with Crippen molar-refractivity contribution in [3.8, 4) is 5.75 Å². The minimum atomic E-state index is -0.0551. The van der Waals surface area contributed by atoms with Crippen LogP contribution in [0.5, 0.6) is 5.75 Å². The summed E-state index contributed by atoms with van der Waals surface area (Å²) in [7, 11) is 0. The summed E-state index contributed by atoms with van der Waals surface area (Å²) in [5.41, 5.74) is 0.508. The van der Waals surface area contributed by atoms with Crippen molar-refractivity contribution in [1.29, 1.82) is 0 Å². The highest BCUT2D eigenvalue weighted by Crippen LogP contribution is 2.29. The predicted molar refractivity (Wildman–Crippen MR) is 102 cm³/mol. The number of halogens is 1. The molecule has 26 heavy (non-hydrogen) atoms. The van der Waals surface area contributed by atoms with Crippen molar-refractivity contribution in [2.45, 2.75) is 45.3 Å². The average Bonchev–Trinajstić information content (AvgIpc) is 3.12. The Morgan fingerprint density at radius 1 is 1.27 bits per heavy atom. The fourth-order valence-electron chi connectivity index (χ4n) is 3.56. The maximum Gasteiger partial charge on any atom is 0.258 e. The molecule has 0 bridgehead atoms. The standard InChI is InChI=1S/C20H25ClN2O3/c1-3-16-5-4-10-23(16)20(25)18-13-15(21)6-7-19(18)26-17-8-11-22(12-9-17)14(2)24/h4-7,13,16-17H,3,8-12H2,1-2H3/t16-/m0/s1. The summed E-state index contributed by atoms with van der Waals surface area (Å²) < 4.78 is 6.15. The molecule has 2 aliphatic heterocycles. The lowest BCUT2D eigenvalue weighted by molar-refractivity contribution is -0.130. The fraction of sp³-hybridized carbons (Fsp3) is 0.500. The lowest BCUT2D eigenvalue weighted by atomic mass is 10.1. The first-order chi connectivity index (χ1) is 12.5. The molecule has 0 unspecified atom stereocenters. The Morgan fingerprint density at radius 2 is 2.00 bits per heavy atom. The number of rotatable bonds is 4. The molecule has 5 nitrogen and oxygen atoms in total. The molecule has 1 fully saturated rings. The Bertz CT molecular complexity index is 711. The van der Waals surface area contributed by atoms with Gasteiger partial charge in [-0.15, -0.1) is 0 Å². The van der Waals surface area contributed by atoms with E-state index in [1.54, 1.807) is 25.1 Å². The topological polar surface area (TPSA) is 49.9 Å². The number of carbonyl (C=O) groups excluding carboxylic acids is 2. The van der Waals surface area contributed by atoms with Crippen molar-refractivity contribution in [1.82, 2.24) is 9.80 Å². The van der Waals surface area contributed by atoms with Crippen LogP contribution in [0.3, 0.4) is 0 Å². The van der Waals surface area contributed by atoms with Crippen molar-refractivity contribution in [3.63, 3.8) is 0 Å². The van der Waals surface area contributed by atoms with Gasteiger partial charge < -0.3 is 14.5 Å². The number of hydrogen-bond donors (Lipinski definition) is 0. The number of hydrogen-bond acceptors (Lipinski definition) is 3. The van der Waals surface area contributed by atoms with Crippen LogP contribution in [0, 0.1) is 0 Å². The second kappa shape index (κ2) is 8.12. The summed E-state index contributed by atoms with van der Waals surface area (Å²) >= 11 is 6.15. The second-order valence-electron chi connectivity index (χ2n) is 6.83. The third kappa shape index (κ3) is 4.04. The number of nitrogens with zero attached hydrogens (tertiary/aromatic N) is 2. The van der Waals surface area contributed by atoms with E-state index < -0.39 is 0 Å². The van der Waals surface area contributed by atoms with Gasteiger partial charge in [-0.1, -0.05) is 30.7 Å². The number of piperidine rings is 1. The normalized spacial score (nSPS) is 20.5. The van der Waals surface area contributed by atoms with Crippen LogP contribution in [0.4, 0.5) is 0 Å². The molecule has 0 spiro atoms. The van der Waals surface area contributed by atoms with Crippen LogP contribution < -0.4 is 4.74 Å². The van der Waals surface area contributed by atoms with E-state index in [-0.39, 0.29) is 24.0 Å². The quantitative estimate of drug-likeness (QED) is 0.755. The molecule has 140 valence electrons. The number of benzene rings is 1. The van der Waals surface area contributed by atoms with Gasteiger partial charge in [-0.25, -0.2) is 0 Å². The maximum atomic E-state index is 13.1. The maximum absolute atomic E-state index is 13.1. The lowest BCUT2D eigenvalue weighted by Crippen LogP contribution is -2.41. The Hall–Kier alpha value is -2.01. The van der Waals surface area contributed by atoms with Gasteiger partial charge in [0.05, 0.1) is 11.6 Å². The minimum absolute atomic E-state index is 0.00278. The first-order valence-corrected chi connectivity index (χ1v) is 9.56. The smallest absolute Gasteiger partial charge is 0.258 e. The summed E-state index contributed by atoms with van der Waals surface area (Å²) in [6.07, 6.45) is 6.49. The zero-order valence-electron chi connectivity index (χ0n) is 15.3. The van der Waals surface area contributed by atoms with Crippen LogP contribution in [0.15, 0.2) is 30.4 Å². The van der Waals surface area contributed by atoms with Gasteiger partial charge in [-0.3, -0.25) is 9.59 Å². The molecule has 1 atom stereocenters. The van der Waals surface area contributed by atoms with Gasteiger partial charge in [0.15, 0.2) is 0 Å². The van der Waals surface area contributed by atoms with E-state index in [9.17, 15) is 9.59 Å². The zero-order chi connectivity index (χ0) is 18.7. The molecule has 6 heteroatoms. The van der Waals surface area contributed by atoms with Crippen molar-refractivity contribution >= 4 is 23.4 Å². The second-order valence-corrected chi connectivity index (χ2v) is 7.26. The molecule has 1 aromatic carbocycles. The fourth-order valence-corrected chi connectivity index (χ4v) is 3.73. The molecule has 0 saturated carbocycles. The van der Waals surface area contributed by atoms with Crippen molar-refractivity contribution < 1.29 is 14.3 Å². The van der Waals surface area contributed by atoms with Gasteiger partial charge in [0.1, 0.15) is 11.9 Å². The molecule has 2 aliphatic rings. The molecule has 2 heterocycles. The molecule has 1 saturated heterocycles. The van der Waals surface area contributed by atoms with Crippen LogP contribution in [0.1, 0.15) is 43.5 Å². The molecular weight excluding hydrogens is 352 g/mol. The zero-order valence-corrected chi connectivity index (χ0v) is 16.0. The van der Waals surface area contributed by atoms with Gasteiger partial charge in [-0.2, -0.15) is 0 Å². The number of likely N-dealkylation sites (tertiary alicyclic amines) is 1. The summed E-state index contributed by atoms with van der Waals surface area (Å²) in [4.78, 5) is 28.2. The van der Waals surface area contributed by atoms with Crippen LogP contribution in [0.2, 0.25) is 5.02 Å². The van der Waals surface area contributed by atoms with Crippen LogP contribution in [0.25, 0.3) is 0 Å². The SMILES string of the molecule is CC[C@H]1C=CCN1C(=O)c1cc(Cl)ccc1OC1CCN(C(C)=O)CC1. The molecule has 1 aromatic rings. The summed E-state index contributed by atoms with van der Waals surface area (Å²) in [6, 6.07) is 5.33. The molecule has 3 rings (SSSR count). The van der Waals surface area contributed by atoms with E-state index in [1.807, 2.05) is 15.9 Å². The van der Waals surface area contributed by atoms with Crippen molar-refractivity contribution in [2.75, 3.05) is 19.6 Å². The first kappa shape index (κ1) is 18.8. The molecule has 0 radical (unpaired) electrons. The van der Waals surface area contributed by atoms with E-state index in [1.165, 1.54) is 0 Å². The first-order valence-electron chi connectivity index (χ1n) is 9.19. The van der Waals surface area contributed by atoms with E-state index in [4.69, 9.17) is 16.3 Å². The Balaban J connectivity index is 1.74. The van der Waals surface area contributed by atoms with Gasteiger partial charge in [0.2, 0.25) is 5.91 Å². The monoisotopic (exact) mass is 376 g/mol. The third-order valence-corrected chi connectivity index (χ3v) is 5.33. The van der Waals surface area contributed by atoms with Gasteiger partial charge in [0, 0.05) is 44.4 Å². The Morgan fingerprint density at radius 3 is 2.65 bits per heavy atom. The highest BCUT2D eigenvalue weighted by atomic mass is 35.5. The van der Waals surface area contributed by atoms with Crippen LogP contribution >= 0.6 is 11.6 Å². The van der Waals surface area contributed by atoms with Crippen molar-refractivity contribution in [2.24, 2.45) is 0 Å². The summed E-state index contributed by atoms with van der Waals surface area (Å²) in [5, 5.41) is 0.521. The number of ether oxygens (including phenoxy) is 1. The molecule has 0 N–H and O–H groups in total. The van der Waals surface area contributed by atoms with Crippen LogP contribution in [-0.2, 0) is 4.79 Å². The van der Waals surface area contributed by atoms with E-state index in [2.05, 4.69) is 13.0 Å². The highest BCUT2D eigenvalue weighted by molar-refractivity contribution is 6.31. The average molecular weight is 377 g/mol. The molecular formula is C20H25ClN2O3. The highest BCUT2D eigenvalue weighted by Gasteiger charge is 2.28. The molecule has 0 aromatic heterocycles. The van der Waals surface area contributed by atoms with Crippen LogP contribution in [-0.4, -0.2) is 53.4 Å². The number of amides is 2. The molecule has 0 aliphatic carbocycles. The number of carbonyl (C=O) groups is 2. The van der Waals surface area contributed by atoms with Crippen molar-refractivity contribution in [3.05, 3.63) is 40.9 Å². The predicted octanol–water partition coefficient (Wildman–Crippen LogP) is 3.52.